The van der Waals surface area contributed by atoms with Crippen LogP contribution < -0.4 is 5.32 Å². The van der Waals surface area contributed by atoms with Gasteiger partial charge in [-0.15, -0.1) is 11.6 Å². The first kappa shape index (κ1) is 11.4. The molecule has 1 aliphatic heterocycles. The summed E-state index contributed by atoms with van der Waals surface area (Å²) in [5.74, 6) is 1.95. The third kappa shape index (κ3) is 4.39. The molecule has 0 amide bonds. The first-order valence-electron chi connectivity index (χ1n) is 4.82. The fraction of sp³-hybridized carbons (Fsp3) is 0.800. The van der Waals surface area contributed by atoms with Gasteiger partial charge in [-0.1, -0.05) is 12.2 Å². The molecule has 1 atom stereocenters. The summed E-state index contributed by atoms with van der Waals surface area (Å²) in [5.41, 5.74) is 0. The Bertz CT molecular complexity index is 164. The van der Waals surface area contributed by atoms with Crippen molar-refractivity contribution < 1.29 is 0 Å². The average Bonchev–Trinajstić information content (AvgIpc) is 2.53. The quantitative estimate of drug-likeness (QED) is 0.434. The molecule has 1 N–H and O–H groups in total. The summed E-state index contributed by atoms with van der Waals surface area (Å²) in [7, 11) is 0. The minimum atomic E-state index is 0.481. The minimum absolute atomic E-state index is 0.481. The number of alkyl halides is 1. The van der Waals surface area contributed by atoms with E-state index >= 15 is 0 Å². The van der Waals surface area contributed by atoms with E-state index in [9.17, 15) is 0 Å². The number of hydrogen-bond donors (Lipinski definition) is 1. The van der Waals surface area contributed by atoms with Gasteiger partial charge in [-0.2, -0.15) is 11.8 Å². The lowest BCUT2D eigenvalue weighted by molar-refractivity contribution is 0.556. The van der Waals surface area contributed by atoms with Crippen LogP contribution in [0.25, 0.3) is 0 Å². The topological polar surface area (TPSA) is 12.0 Å². The van der Waals surface area contributed by atoms with E-state index in [2.05, 4.69) is 30.1 Å². The number of hydrogen-bond acceptors (Lipinski definition) is 2. The first-order chi connectivity index (χ1) is 6.27. The third-order valence-corrected chi connectivity index (χ3v) is 4.03. The normalized spacial score (nSPS) is 28.8. The smallest absolute Gasteiger partial charge is 0.0404 e. The second kappa shape index (κ2) is 5.94. The van der Waals surface area contributed by atoms with E-state index in [1.165, 1.54) is 18.6 Å². The van der Waals surface area contributed by atoms with Crippen molar-refractivity contribution in [3.05, 3.63) is 12.2 Å². The average molecular weight is 220 g/mol. The molecule has 1 saturated heterocycles. The van der Waals surface area contributed by atoms with Crippen molar-refractivity contribution in [2.75, 3.05) is 24.7 Å². The molecule has 0 aromatic rings. The summed E-state index contributed by atoms with van der Waals surface area (Å²) in [5, 5.41) is 3.44. The van der Waals surface area contributed by atoms with Crippen LogP contribution in [0.4, 0.5) is 0 Å². The van der Waals surface area contributed by atoms with Crippen molar-refractivity contribution in [2.24, 2.45) is 0 Å². The van der Waals surface area contributed by atoms with E-state index in [4.69, 9.17) is 11.6 Å². The molecule has 13 heavy (non-hydrogen) atoms. The summed E-state index contributed by atoms with van der Waals surface area (Å²) < 4.78 is 0.481. The largest absolute Gasteiger partial charge is 0.312 e. The number of nitrogens with one attached hydrogen (secondary N) is 1. The molecule has 0 aliphatic carbocycles. The maximum atomic E-state index is 5.52. The number of halogens is 1. The standard InChI is InChI=1S/C10H18ClNS/c1-10(5-4-8-13-10)9-12-7-3-2-6-11/h2-3,12H,4-9H2,1H3/b3-2+. The number of allylic oxidation sites excluding steroid dienone is 1. The molecule has 1 aliphatic rings. The molecule has 1 heterocycles. The van der Waals surface area contributed by atoms with E-state index in [0.29, 0.717) is 10.6 Å². The maximum Gasteiger partial charge on any atom is 0.0404 e. The minimum Gasteiger partial charge on any atom is -0.312 e. The van der Waals surface area contributed by atoms with Crippen LogP contribution in [0.1, 0.15) is 19.8 Å². The monoisotopic (exact) mass is 219 g/mol. The van der Waals surface area contributed by atoms with Crippen LogP contribution in [0, 0.1) is 0 Å². The van der Waals surface area contributed by atoms with Gasteiger partial charge in [0.15, 0.2) is 0 Å². The highest BCUT2D eigenvalue weighted by atomic mass is 35.5. The van der Waals surface area contributed by atoms with Gasteiger partial charge in [-0.05, 0) is 25.5 Å². The highest BCUT2D eigenvalue weighted by molar-refractivity contribution is 8.00. The predicted octanol–water partition coefficient (Wildman–Crippen LogP) is 2.66. The van der Waals surface area contributed by atoms with Crippen LogP contribution in [0.5, 0.6) is 0 Å². The Labute approximate surface area is 90.3 Å². The molecule has 1 nitrogen and oxygen atoms in total. The van der Waals surface area contributed by atoms with Gasteiger partial charge in [-0.25, -0.2) is 0 Å². The summed E-state index contributed by atoms with van der Waals surface area (Å²) in [6, 6.07) is 0. The summed E-state index contributed by atoms with van der Waals surface area (Å²) in [6.45, 7) is 4.41. The zero-order valence-corrected chi connectivity index (χ0v) is 9.76. The molecule has 1 unspecified atom stereocenters. The molecule has 3 heteroatoms. The molecular weight excluding hydrogens is 202 g/mol. The van der Waals surface area contributed by atoms with E-state index in [1.54, 1.807) is 0 Å². The molecule has 1 rings (SSSR count). The fourth-order valence-electron chi connectivity index (χ4n) is 1.54. The van der Waals surface area contributed by atoms with Gasteiger partial charge >= 0.3 is 0 Å². The van der Waals surface area contributed by atoms with Gasteiger partial charge in [-0.3, -0.25) is 0 Å². The van der Waals surface area contributed by atoms with Gasteiger partial charge in [0.25, 0.3) is 0 Å². The van der Waals surface area contributed by atoms with Crippen molar-refractivity contribution in [3.63, 3.8) is 0 Å². The third-order valence-electron chi connectivity index (χ3n) is 2.32. The predicted molar refractivity (Wildman–Crippen MR) is 62.8 cm³/mol. The lowest BCUT2D eigenvalue weighted by Gasteiger charge is -2.22. The van der Waals surface area contributed by atoms with Gasteiger partial charge in [0.1, 0.15) is 0 Å². The summed E-state index contributed by atoms with van der Waals surface area (Å²) in [6.07, 6.45) is 6.80. The van der Waals surface area contributed by atoms with Gasteiger partial charge < -0.3 is 5.32 Å². The summed E-state index contributed by atoms with van der Waals surface area (Å²) >= 11 is 7.61. The van der Waals surface area contributed by atoms with Gasteiger partial charge in [0.05, 0.1) is 0 Å². The molecular formula is C10H18ClNS. The van der Waals surface area contributed by atoms with Crippen molar-refractivity contribution in [3.8, 4) is 0 Å². The highest BCUT2D eigenvalue weighted by Gasteiger charge is 2.28. The number of rotatable bonds is 5. The van der Waals surface area contributed by atoms with Crippen LogP contribution in [0.15, 0.2) is 12.2 Å². The maximum absolute atomic E-state index is 5.52. The Balaban J connectivity index is 2.07. The lowest BCUT2D eigenvalue weighted by atomic mass is 10.1. The van der Waals surface area contributed by atoms with Crippen LogP contribution in [-0.2, 0) is 0 Å². The van der Waals surface area contributed by atoms with Crippen molar-refractivity contribution in [1.29, 1.82) is 0 Å². The van der Waals surface area contributed by atoms with E-state index in [-0.39, 0.29) is 0 Å². The van der Waals surface area contributed by atoms with Crippen LogP contribution in [0.3, 0.4) is 0 Å². The SMILES string of the molecule is CC1(CNC/C=C/CCl)CCCS1. The molecule has 1 fully saturated rings. The van der Waals surface area contributed by atoms with Crippen molar-refractivity contribution in [1.82, 2.24) is 5.32 Å². The van der Waals surface area contributed by atoms with E-state index < -0.39 is 0 Å². The van der Waals surface area contributed by atoms with Crippen molar-refractivity contribution in [2.45, 2.75) is 24.5 Å². The van der Waals surface area contributed by atoms with Crippen LogP contribution >= 0.6 is 23.4 Å². The van der Waals surface area contributed by atoms with E-state index in [1.807, 2.05) is 6.08 Å². The second-order valence-corrected chi connectivity index (χ2v) is 5.65. The molecule has 0 spiro atoms. The Hall–Kier alpha value is 0.340. The molecule has 76 valence electrons. The molecule has 0 bridgehead atoms. The first-order valence-corrected chi connectivity index (χ1v) is 6.34. The molecule has 0 radical (unpaired) electrons. The van der Waals surface area contributed by atoms with Gasteiger partial charge in [0.2, 0.25) is 0 Å². The van der Waals surface area contributed by atoms with Crippen molar-refractivity contribution >= 4 is 23.4 Å². The van der Waals surface area contributed by atoms with Crippen LogP contribution in [-0.4, -0.2) is 29.5 Å². The second-order valence-electron chi connectivity index (χ2n) is 3.66. The Kier molecular flexibility index (Phi) is 5.22. The Morgan fingerprint density at radius 3 is 3.00 bits per heavy atom. The molecule has 0 saturated carbocycles. The van der Waals surface area contributed by atoms with Gasteiger partial charge in [0, 0.05) is 23.7 Å². The zero-order valence-electron chi connectivity index (χ0n) is 8.18. The highest BCUT2D eigenvalue weighted by Crippen LogP contribution is 2.36. The molecule has 0 aromatic heterocycles. The zero-order chi connectivity index (χ0) is 9.57. The van der Waals surface area contributed by atoms with Crippen LogP contribution in [0.2, 0.25) is 0 Å². The number of thioether (sulfide) groups is 1. The lowest BCUT2D eigenvalue weighted by Crippen LogP contribution is -2.32. The fourth-order valence-corrected chi connectivity index (χ4v) is 2.94. The summed E-state index contributed by atoms with van der Waals surface area (Å²) in [4.78, 5) is 0. The Morgan fingerprint density at radius 1 is 1.54 bits per heavy atom. The molecule has 0 aromatic carbocycles. The Morgan fingerprint density at radius 2 is 2.38 bits per heavy atom. The van der Waals surface area contributed by atoms with E-state index in [0.717, 1.165) is 13.1 Å².